The lowest BCUT2D eigenvalue weighted by molar-refractivity contribution is -0.117. The third-order valence-corrected chi connectivity index (χ3v) is 5.44. The van der Waals surface area contributed by atoms with E-state index in [4.69, 9.17) is 15.9 Å². The van der Waals surface area contributed by atoms with E-state index in [1.165, 1.54) is 11.3 Å². The second-order valence-electron chi connectivity index (χ2n) is 5.66. The average molecular weight is 429 g/mol. The van der Waals surface area contributed by atoms with Crippen molar-refractivity contribution in [1.29, 1.82) is 0 Å². The predicted molar refractivity (Wildman–Crippen MR) is 103 cm³/mol. The first-order valence-corrected chi connectivity index (χ1v) is 9.43. The minimum absolute atomic E-state index is 0.185. The molecule has 3 aromatic rings. The maximum atomic E-state index is 12.5. The fourth-order valence-electron chi connectivity index (χ4n) is 2.75. The topological polar surface area (TPSA) is 52.8 Å². The second kappa shape index (κ2) is 6.98. The summed E-state index contributed by atoms with van der Waals surface area (Å²) in [5, 5.41) is 0. The number of thiazole rings is 1. The smallest absolute Gasteiger partial charge is 0.252 e. The van der Waals surface area contributed by atoms with E-state index in [9.17, 15) is 4.79 Å². The first-order chi connectivity index (χ1) is 12.6. The zero-order chi connectivity index (χ0) is 18.1. The Kier molecular flexibility index (Phi) is 4.53. The van der Waals surface area contributed by atoms with Crippen LogP contribution in [0.25, 0.3) is 10.2 Å². The number of halogens is 1. The number of ether oxygens (including phenoxy) is 2. The maximum absolute atomic E-state index is 12.5. The summed E-state index contributed by atoms with van der Waals surface area (Å²) >= 11 is 4.90. The monoisotopic (exact) mass is 428 g/mol. The van der Waals surface area contributed by atoms with Gasteiger partial charge in [-0.25, -0.2) is 0 Å². The highest BCUT2D eigenvalue weighted by atomic mass is 79.9. The van der Waals surface area contributed by atoms with Crippen LogP contribution in [0.3, 0.4) is 0 Å². The molecule has 0 saturated carbocycles. The molecule has 1 aliphatic heterocycles. The highest BCUT2D eigenvalue weighted by Gasteiger charge is 2.14. The lowest BCUT2D eigenvalue weighted by atomic mass is 10.1. The second-order valence-corrected chi connectivity index (χ2v) is 7.58. The summed E-state index contributed by atoms with van der Waals surface area (Å²) in [6.45, 7) is 0.568. The zero-order valence-corrected chi connectivity index (χ0v) is 16.0. The van der Waals surface area contributed by atoms with Gasteiger partial charge in [0.1, 0.15) is 0 Å². The molecule has 0 saturated heterocycles. The summed E-state index contributed by atoms with van der Waals surface area (Å²) < 4.78 is 14.5. The van der Waals surface area contributed by atoms with Crippen molar-refractivity contribution in [3.63, 3.8) is 0 Å². The number of aromatic nitrogens is 1. The molecular weight excluding hydrogens is 416 g/mol. The maximum Gasteiger partial charge on any atom is 0.252 e. The molecule has 1 aliphatic rings. The van der Waals surface area contributed by atoms with Crippen LogP contribution in [-0.2, 0) is 17.8 Å². The minimum Gasteiger partial charge on any atom is -0.454 e. The Hall–Kier alpha value is -2.56. The largest absolute Gasteiger partial charge is 0.454 e. The Balaban J connectivity index is 1.68. The Morgan fingerprint density at radius 2 is 2.12 bits per heavy atom. The van der Waals surface area contributed by atoms with Crippen LogP contribution in [0.4, 0.5) is 0 Å². The fourth-order valence-corrected chi connectivity index (χ4v) is 4.35. The van der Waals surface area contributed by atoms with Gasteiger partial charge in [0.25, 0.3) is 5.91 Å². The molecule has 5 nitrogen and oxygen atoms in total. The van der Waals surface area contributed by atoms with Gasteiger partial charge >= 0.3 is 0 Å². The van der Waals surface area contributed by atoms with Crippen molar-refractivity contribution in [2.45, 2.75) is 13.0 Å². The first kappa shape index (κ1) is 16.9. The number of nitrogens with zero attached hydrogens (tertiary/aromatic N) is 2. The van der Waals surface area contributed by atoms with Gasteiger partial charge in [-0.05, 0) is 35.9 Å². The summed E-state index contributed by atoms with van der Waals surface area (Å²) in [7, 11) is 0. The SMILES string of the molecule is C#CCn1c(=NC(=O)Cc2ccc3c(c2)OCO3)sc2cc(Br)ccc21. The van der Waals surface area contributed by atoms with Gasteiger partial charge in [0.05, 0.1) is 23.2 Å². The molecule has 1 amide bonds. The van der Waals surface area contributed by atoms with Crippen LogP contribution < -0.4 is 14.3 Å². The van der Waals surface area contributed by atoms with Crippen molar-refractivity contribution in [3.05, 3.63) is 51.2 Å². The summed E-state index contributed by atoms with van der Waals surface area (Å²) in [6, 6.07) is 11.4. The number of rotatable bonds is 3. The van der Waals surface area contributed by atoms with Crippen molar-refractivity contribution < 1.29 is 14.3 Å². The van der Waals surface area contributed by atoms with Crippen LogP contribution in [0.5, 0.6) is 11.5 Å². The standard InChI is InChI=1S/C19H13BrN2O3S/c1-2-7-22-14-5-4-13(20)10-17(14)26-19(22)21-18(23)9-12-3-6-15-16(8-12)25-11-24-15/h1,3-6,8,10H,7,9,11H2. The molecular formula is C19H13BrN2O3S. The lowest BCUT2D eigenvalue weighted by Crippen LogP contribution is -2.17. The third-order valence-electron chi connectivity index (χ3n) is 3.91. The van der Waals surface area contributed by atoms with E-state index in [0.717, 1.165) is 20.3 Å². The molecule has 4 rings (SSSR count). The van der Waals surface area contributed by atoms with Crippen molar-refractivity contribution >= 4 is 43.4 Å². The van der Waals surface area contributed by atoms with E-state index in [2.05, 4.69) is 26.8 Å². The average Bonchev–Trinajstić information content (AvgIpc) is 3.19. The molecule has 1 aromatic heterocycles. The third kappa shape index (κ3) is 3.26. The van der Waals surface area contributed by atoms with Crippen molar-refractivity contribution in [1.82, 2.24) is 4.57 Å². The summed E-state index contributed by atoms with van der Waals surface area (Å²) in [6.07, 6.45) is 5.67. The van der Waals surface area contributed by atoms with Gasteiger partial charge in [0, 0.05) is 4.47 Å². The Morgan fingerprint density at radius 3 is 2.96 bits per heavy atom. The molecule has 2 aromatic carbocycles. The van der Waals surface area contributed by atoms with E-state index in [1.54, 1.807) is 6.07 Å². The molecule has 2 heterocycles. The first-order valence-electron chi connectivity index (χ1n) is 7.82. The van der Waals surface area contributed by atoms with Crippen LogP contribution >= 0.6 is 27.3 Å². The summed E-state index contributed by atoms with van der Waals surface area (Å²) in [5.41, 5.74) is 1.79. The number of amides is 1. The number of benzene rings is 2. The van der Waals surface area contributed by atoms with Gasteiger partial charge in [-0.2, -0.15) is 4.99 Å². The Labute approximate surface area is 162 Å². The zero-order valence-electron chi connectivity index (χ0n) is 13.6. The van der Waals surface area contributed by atoms with Crippen LogP contribution in [0.2, 0.25) is 0 Å². The molecule has 0 aliphatic carbocycles. The molecule has 7 heteroatoms. The molecule has 0 atom stereocenters. The number of hydrogen-bond acceptors (Lipinski definition) is 4. The predicted octanol–water partition coefficient (Wildman–Crippen LogP) is 3.50. The van der Waals surface area contributed by atoms with E-state index in [1.807, 2.05) is 34.9 Å². The van der Waals surface area contributed by atoms with Crippen LogP contribution in [0, 0.1) is 12.3 Å². The molecule has 130 valence electrons. The molecule has 0 radical (unpaired) electrons. The number of fused-ring (bicyclic) bond motifs is 2. The molecule has 0 unspecified atom stereocenters. The van der Waals surface area contributed by atoms with Crippen LogP contribution in [0.1, 0.15) is 5.56 Å². The molecule has 0 N–H and O–H groups in total. The lowest BCUT2D eigenvalue weighted by Gasteiger charge is -2.01. The van der Waals surface area contributed by atoms with Gasteiger partial charge < -0.3 is 14.0 Å². The van der Waals surface area contributed by atoms with Gasteiger partial charge in [-0.15, -0.1) is 6.42 Å². The van der Waals surface area contributed by atoms with Gasteiger partial charge in [-0.3, -0.25) is 4.79 Å². The van der Waals surface area contributed by atoms with Crippen molar-refractivity contribution in [3.8, 4) is 23.8 Å². The fraction of sp³-hybridized carbons (Fsp3) is 0.158. The number of hydrogen-bond donors (Lipinski definition) is 0. The van der Waals surface area contributed by atoms with E-state index in [0.29, 0.717) is 22.8 Å². The number of carbonyl (C=O) groups is 1. The number of carbonyl (C=O) groups excluding carboxylic acids is 1. The van der Waals surface area contributed by atoms with E-state index < -0.39 is 0 Å². The van der Waals surface area contributed by atoms with Gasteiger partial charge in [-0.1, -0.05) is 39.3 Å². The molecule has 26 heavy (non-hydrogen) atoms. The normalized spacial score (nSPS) is 13.2. The Bertz CT molecular complexity index is 1120. The molecule has 0 bridgehead atoms. The van der Waals surface area contributed by atoms with Crippen LogP contribution in [0.15, 0.2) is 45.9 Å². The van der Waals surface area contributed by atoms with Crippen LogP contribution in [-0.4, -0.2) is 17.3 Å². The van der Waals surface area contributed by atoms with Gasteiger partial charge in [0.2, 0.25) is 6.79 Å². The molecule has 0 spiro atoms. The highest BCUT2D eigenvalue weighted by molar-refractivity contribution is 9.10. The quantitative estimate of drug-likeness (QED) is 0.599. The highest BCUT2D eigenvalue weighted by Crippen LogP contribution is 2.32. The van der Waals surface area contributed by atoms with Gasteiger partial charge in [0.15, 0.2) is 16.3 Å². The summed E-state index contributed by atoms with van der Waals surface area (Å²) in [4.78, 5) is 17.4. The van der Waals surface area contributed by atoms with Crippen molar-refractivity contribution in [2.75, 3.05) is 6.79 Å². The van der Waals surface area contributed by atoms with E-state index >= 15 is 0 Å². The molecule has 0 fully saturated rings. The summed E-state index contributed by atoms with van der Waals surface area (Å²) in [5.74, 6) is 3.74. The van der Waals surface area contributed by atoms with E-state index in [-0.39, 0.29) is 19.1 Å². The van der Waals surface area contributed by atoms with Crippen molar-refractivity contribution in [2.24, 2.45) is 4.99 Å². The Morgan fingerprint density at radius 1 is 1.27 bits per heavy atom. The number of terminal acetylenes is 1. The minimum atomic E-state index is -0.236.